The summed E-state index contributed by atoms with van der Waals surface area (Å²) in [4.78, 5) is 26.7. The summed E-state index contributed by atoms with van der Waals surface area (Å²) in [5.74, 6) is -1.32. The van der Waals surface area contributed by atoms with Crippen LogP contribution in [0.5, 0.6) is 0 Å². The fourth-order valence-corrected chi connectivity index (χ4v) is 1.64. The van der Waals surface area contributed by atoms with Gasteiger partial charge in [0.2, 0.25) is 0 Å². The SMILES string of the molecule is Cc1ccc(NC(=O)c2ccncc2)cc1C(=O)O. The smallest absolute Gasteiger partial charge is 0.336 e. The van der Waals surface area contributed by atoms with E-state index in [0.29, 0.717) is 16.8 Å². The monoisotopic (exact) mass is 256 g/mol. The van der Waals surface area contributed by atoms with E-state index in [9.17, 15) is 9.59 Å². The molecule has 2 rings (SSSR count). The molecule has 96 valence electrons. The van der Waals surface area contributed by atoms with E-state index in [4.69, 9.17) is 5.11 Å². The third-order valence-corrected chi connectivity index (χ3v) is 2.67. The van der Waals surface area contributed by atoms with Crippen LogP contribution in [0.25, 0.3) is 0 Å². The van der Waals surface area contributed by atoms with E-state index < -0.39 is 5.97 Å². The Morgan fingerprint density at radius 3 is 2.47 bits per heavy atom. The molecule has 5 nitrogen and oxygen atoms in total. The van der Waals surface area contributed by atoms with Crippen molar-refractivity contribution in [1.82, 2.24) is 4.98 Å². The number of carbonyl (C=O) groups excluding carboxylic acids is 1. The van der Waals surface area contributed by atoms with Gasteiger partial charge in [-0.1, -0.05) is 6.07 Å². The quantitative estimate of drug-likeness (QED) is 0.883. The van der Waals surface area contributed by atoms with Crippen LogP contribution in [-0.2, 0) is 0 Å². The number of aromatic carboxylic acids is 1. The normalized spacial score (nSPS) is 9.95. The first-order chi connectivity index (χ1) is 9.08. The molecule has 0 aliphatic heterocycles. The van der Waals surface area contributed by atoms with Crippen LogP contribution in [0.15, 0.2) is 42.7 Å². The molecule has 1 heterocycles. The van der Waals surface area contributed by atoms with Crippen LogP contribution in [0.1, 0.15) is 26.3 Å². The van der Waals surface area contributed by atoms with Crippen molar-refractivity contribution in [3.05, 3.63) is 59.4 Å². The van der Waals surface area contributed by atoms with Gasteiger partial charge in [-0.05, 0) is 36.8 Å². The lowest BCUT2D eigenvalue weighted by Crippen LogP contribution is -2.12. The molecule has 0 saturated heterocycles. The van der Waals surface area contributed by atoms with Gasteiger partial charge in [0.25, 0.3) is 5.91 Å². The van der Waals surface area contributed by atoms with Crippen molar-refractivity contribution in [3.8, 4) is 0 Å². The van der Waals surface area contributed by atoms with Crippen LogP contribution < -0.4 is 5.32 Å². The Kier molecular flexibility index (Phi) is 3.56. The van der Waals surface area contributed by atoms with Crippen molar-refractivity contribution in [2.45, 2.75) is 6.92 Å². The highest BCUT2D eigenvalue weighted by Gasteiger charge is 2.10. The van der Waals surface area contributed by atoms with Crippen LogP contribution in [0, 0.1) is 6.92 Å². The van der Waals surface area contributed by atoms with Gasteiger partial charge >= 0.3 is 5.97 Å². The fraction of sp³-hybridized carbons (Fsp3) is 0.0714. The number of carboxylic acid groups (broad SMARTS) is 1. The first kappa shape index (κ1) is 12.8. The maximum atomic E-state index is 11.9. The van der Waals surface area contributed by atoms with Crippen LogP contribution in [0.2, 0.25) is 0 Å². The predicted octanol–water partition coefficient (Wildman–Crippen LogP) is 2.34. The van der Waals surface area contributed by atoms with Crippen molar-refractivity contribution in [2.24, 2.45) is 0 Å². The van der Waals surface area contributed by atoms with E-state index in [0.717, 1.165) is 0 Å². The summed E-state index contributed by atoms with van der Waals surface area (Å²) in [6.45, 7) is 1.71. The maximum absolute atomic E-state index is 11.9. The largest absolute Gasteiger partial charge is 0.478 e. The summed E-state index contributed by atoms with van der Waals surface area (Å²) in [5.41, 5.74) is 1.74. The van der Waals surface area contributed by atoms with Crippen molar-refractivity contribution in [1.29, 1.82) is 0 Å². The third-order valence-electron chi connectivity index (χ3n) is 2.67. The molecule has 0 aliphatic rings. The number of hydrogen-bond donors (Lipinski definition) is 2. The average molecular weight is 256 g/mol. The topological polar surface area (TPSA) is 79.3 Å². The van der Waals surface area contributed by atoms with Gasteiger partial charge in [-0.3, -0.25) is 9.78 Å². The second-order valence-corrected chi connectivity index (χ2v) is 4.02. The number of hydrogen-bond acceptors (Lipinski definition) is 3. The zero-order valence-electron chi connectivity index (χ0n) is 10.3. The molecule has 5 heteroatoms. The molecule has 2 aromatic rings. The third kappa shape index (κ3) is 2.95. The highest BCUT2D eigenvalue weighted by Crippen LogP contribution is 2.16. The molecule has 0 aliphatic carbocycles. The lowest BCUT2D eigenvalue weighted by atomic mass is 10.1. The Labute approximate surface area is 109 Å². The molecule has 1 aromatic carbocycles. The molecule has 0 radical (unpaired) electrons. The van der Waals surface area contributed by atoms with Crippen LogP contribution in [-0.4, -0.2) is 22.0 Å². The van der Waals surface area contributed by atoms with E-state index in [1.807, 2.05) is 0 Å². The van der Waals surface area contributed by atoms with Gasteiger partial charge in [0, 0.05) is 23.6 Å². The van der Waals surface area contributed by atoms with E-state index in [1.165, 1.54) is 18.5 Å². The van der Waals surface area contributed by atoms with E-state index in [2.05, 4.69) is 10.3 Å². The highest BCUT2D eigenvalue weighted by atomic mass is 16.4. The van der Waals surface area contributed by atoms with Crippen LogP contribution in [0.3, 0.4) is 0 Å². The Balaban J connectivity index is 2.23. The zero-order valence-corrected chi connectivity index (χ0v) is 10.3. The Bertz CT molecular complexity index is 624. The van der Waals surface area contributed by atoms with Gasteiger partial charge in [-0.25, -0.2) is 4.79 Å². The van der Waals surface area contributed by atoms with E-state index in [-0.39, 0.29) is 11.5 Å². The molecular formula is C14H12N2O3. The van der Waals surface area contributed by atoms with Gasteiger partial charge in [0.15, 0.2) is 0 Å². The van der Waals surface area contributed by atoms with Crippen LogP contribution >= 0.6 is 0 Å². The van der Waals surface area contributed by atoms with Crippen molar-refractivity contribution in [2.75, 3.05) is 5.32 Å². The number of pyridine rings is 1. The summed E-state index contributed by atoms with van der Waals surface area (Å²) in [6, 6.07) is 7.94. The van der Waals surface area contributed by atoms with E-state index in [1.54, 1.807) is 31.2 Å². The molecular weight excluding hydrogens is 244 g/mol. The number of nitrogens with one attached hydrogen (secondary N) is 1. The van der Waals surface area contributed by atoms with Gasteiger partial charge in [-0.15, -0.1) is 0 Å². The molecule has 0 bridgehead atoms. The minimum Gasteiger partial charge on any atom is -0.478 e. The fourth-order valence-electron chi connectivity index (χ4n) is 1.64. The molecule has 0 saturated carbocycles. The summed E-state index contributed by atoms with van der Waals surface area (Å²) >= 11 is 0. The molecule has 0 atom stereocenters. The van der Waals surface area contributed by atoms with Crippen molar-refractivity contribution >= 4 is 17.6 Å². The summed E-state index contributed by atoms with van der Waals surface area (Å²) in [5, 5.41) is 11.7. The maximum Gasteiger partial charge on any atom is 0.336 e. The van der Waals surface area contributed by atoms with Crippen molar-refractivity contribution < 1.29 is 14.7 Å². The average Bonchev–Trinajstić information content (AvgIpc) is 2.41. The second-order valence-electron chi connectivity index (χ2n) is 4.02. The van der Waals surface area contributed by atoms with Gasteiger partial charge in [0.1, 0.15) is 0 Å². The second kappa shape index (κ2) is 5.30. The summed E-state index contributed by atoms with van der Waals surface area (Å²) < 4.78 is 0. The first-order valence-electron chi connectivity index (χ1n) is 5.63. The molecule has 2 N–H and O–H groups in total. The Hall–Kier alpha value is -2.69. The predicted molar refractivity (Wildman–Crippen MR) is 70.3 cm³/mol. The van der Waals surface area contributed by atoms with E-state index >= 15 is 0 Å². The number of aromatic nitrogens is 1. The van der Waals surface area contributed by atoms with Gasteiger partial charge in [0.05, 0.1) is 5.56 Å². The minimum atomic E-state index is -1.02. The molecule has 0 unspecified atom stereocenters. The number of carbonyl (C=O) groups is 2. The molecule has 19 heavy (non-hydrogen) atoms. The standard InChI is InChI=1S/C14H12N2O3/c1-9-2-3-11(8-12(9)14(18)19)16-13(17)10-4-6-15-7-5-10/h2-8H,1H3,(H,16,17)(H,18,19). The summed E-state index contributed by atoms with van der Waals surface area (Å²) in [7, 11) is 0. The molecule has 1 aromatic heterocycles. The lowest BCUT2D eigenvalue weighted by Gasteiger charge is -2.07. The number of benzene rings is 1. The van der Waals surface area contributed by atoms with Crippen molar-refractivity contribution in [3.63, 3.8) is 0 Å². The number of amides is 1. The summed E-state index contributed by atoms with van der Waals surface area (Å²) in [6.07, 6.45) is 3.04. The number of carboxylic acids is 1. The number of nitrogens with zero attached hydrogens (tertiary/aromatic N) is 1. The molecule has 0 spiro atoms. The Morgan fingerprint density at radius 2 is 1.84 bits per heavy atom. The number of aryl methyl sites for hydroxylation is 1. The minimum absolute atomic E-state index is 0.174. The highest BCUT2D eigenvalue weighted by molar-refractivity contribution is 6.04. The molecule has 1 amide bonds. The lowest BCUT2D eigenvalue weighted by molar-refractivity contribution is 0.0695. The van der Waals surface area contributed by atoms with Gasteiger partial charge < -0.3 is 10.4 Å². The zero-order chi connectivity index (χ0) is 13.8. The number of anilines is 1. The molecule has 0 fully saturated rings. The Morgan fingerprint density at radius 1 is 1.16 bits per heavy atom. The number of rotatable bonds is 3. The van der Waals surface area contributed by atoms with Crippen LogP contribution in [0.4, 0.5) is 5.69 Å². The first-order valence-corrected chi connectivity index (χ1v) is 5.63. The van der Waals surface area contributed by atoms with Gasteiger partial charge in [-0.2, -0.15) is 0 Å².